The highest BCUT2D eigenvalue weighted by atomic mass is 28.3. The van der Waals surface area contributed by atoms with Gasteiger partial charge in [-0.05, 0) is 37.8 Å². The van der Waals surface area contributed by atoms with Crippen LogP contribution >= 0.6 is 0 Å². The Morgan fingerprint density at radius 1 is 1.19 bits per heavy atom. The first kappa shape index (κ1) is 24.2. The van der Waals surface area contributed by atoms with Gasteiger partial charge < -0.3 is 14.4 Å². The van der Waals surface area contributed by atoms with Crippen LogP contribution in [0, 0.1) is 17.8 Å². The normalized spacial score (nSPS) is 12.4. The number of pyridine rings is 1. The van der Waals surface area contributed by atoms with Crippen LogP contribution in [0.3, 0.4) is 0 Å². The first-order valence-corrected chi connectivity index (χ1v) is 15.0. The molecule has 0 saturated carbocycles. The van der Waals surface area contributed by atoms with Gasteiger partial charge in [0.15, 0.2) is 0 Å². The third-order valence-electron chi connectivity index (χ3n) is 4.99. The maximum atomic E-state index is 9.94. The zero-order valence-electron chi connectivity index (χ0n) is 20.4. The number of ether oxygens (including phenoxy) is 1. The van der Waals surface area contributed by atoms with E-state index in [0.717, 1.165) is 41.2 Å². The molecule has 0 spiro atoms. The molecule has 0 amide bonds. The van der Waals surface area contributed by atoms with Crippen molar-refractivity contribution < 1.29 is 9.84 Å². The Kier molecular flexibility index (Phi) is 7.28. The fourth-order valence-corrected chi connectivity index (χ4v) is 4.11. The van der Waals surface area contributed by atoms with Gasteiger partial charge in [0, 0.05) is 50.1 Å². The molecule has 0 aliphatic heterocycles. The van der Waals surface area contributed by atoms with Crippen molar-refractivity contribution >= 4 is 19.0 Å². The molecule has 0 aromatic carbocycles. The molecule has 32 heavy (non-hydrogen) atoms. The lowest BCUT2D eigenvalue weighted by molar-refractivity contribution is 0.0786. The lowest BCUT2D eigenvalue weighted by Gasteiger charge is -2.15. The standard InChI is InChI=1S/C25H36N4O2Si/c1-19(2)15-28-17-23(20-13-27-29(16-20)18-31-10-11-32(5,6)7)22-12-21(26-14-24(22)28)8-9-25(3,4)30/h12-14,16-17,19,30H,10-11,15,18H2,1-7H3. The second-order valence-corrected chi connectivity index (χ2v) is 16.2. The van der Waals surface area contributed by atoms with Crippen molar-refractivity contribution in [2.45, 2.75) is 72.3 Å². The zero-order chi connectivity index (χ0) is 23.5. The van der Waals surface area contributed by atoms with Gasteiger partial charge in [0.25, 0.3) is 0 Å². The molecule has 0 fully saturated rings. The quantitative estimate of drug-likeness (QED) is 0.297. The number of fused-ring (bicyclic) bond motifs is 1. The molecule has 0 radical (unpaired) electrons. The Bertz CT molecular complexity index is 1120. The molecule has 6 nitrogen and oxygen atoms in total. The molecular weight excluding hydrogens is 416 g/mol. The number of aliphatic hydroxyl groups is 1. The van der Waals surface area contributed by atoms with Crippen molar-refractivity contribution in [2.24, 2.45) is 5.92 Å². The first-order valence-electron chi connectivity index (χ1n) is 11.3. The van der Waals surface area contributed by atoms with E-state index in [1.807, 2.05) is 29.3 Å². The minimum atomic E-state index is -1.10. The summed E-state index contributed by atoms with van der Waals surface area (Å²) in [6.45, 7) is 16.9. The number of nitrogens with zero attached hydrogens (tertiary/aromatic N) is 4. The molecule has 0 aliphatic carbocycles. The van der Waals surface area contributed by atoms with Gasteiger partial charge in [0.2, 0.25) is 0 Å². The molecule has 0 aliphatic rings. The number of hydrogen-bond donors (Lipinski definition) is 1. The second kappa shape index (κ2) is 9.61. The van der Waals surface area contributed by atoms with Crippen molar-refractivity contribution in [3.8, 4) is 23.0 Å². The van der Waals surface area contributed by atoms with Gasteiger partial charge in [-0.2, -0.15) is 5.10 Å². The van der Waals surface area contributed by atoms with Crippen LogP contribution in [-0.4, -0.2) is 44.7 Å². The molecule has 3 aromatic heterocycles. The smallest absolute Gasteiger partial charge is 0.139 e. The van der Waals surface area contributed by atoms with Crippen LogP contribution in [0.4, 0.5) is 0 Å². The molecule has 0 atom stereocenters. The fourth-order valence-electron chi connectivity index (χ4n) is 3.36. The van der Waals surface area contributed by atoms with E-state index in [-0.39, 0.29) is 0 Å². The SMILES string of the molecule is CC(C)Cn1cc(-c2cnn(COCC[Si](C)(C)C)c2)c2cc(C#CC(C)(C)O)ncc21. The summed E-state index contributed by atoms with van der Waals surface area (Å²) < 4.78 is 9.95. The topological polar surface area (TPSA) is 65.1 Å². The summed E-state index contributed by atoms with van der Waals surface area (Å²) in [5.74, 6) is 6.36. The summed E-state index contributed by atoms with van der Waals surface area (Å²) in [4.78, 5) is 4.52. The lowest BCUT2D eigenvalue weighted by Crippen LogP contribution is -2.22. The second-order valence-electron chi connectivity index (χ2n) is 10.6. The van der Waals surface area contributed by atoms with Crippen LogP contribution in [0.5, 0.6) is 0 Å². The Balaban J connectivity index is 1.90. The number of aromatic nitrogens is 4. The molecule has 3 aromatic rings. The van der Waals surface area contributed by atoms with E-state index in [4.69, 9.17) is 4.74 Å². The molecule has 0 unspecified atom stereocenters. The van der Waals surface area contributed by atoms with E-state index >= 15 is 0 Å². The minimum absolute atomic E-state index is 0.457. The molecule has 172 valence electrons. The Labute approximate surface area is 192 Å². The lowest BCUT2D eigenvalue weighted by atomic mass is 10.1. The fraction of sp³-hybridized carbons (Fsp3) is 0.520. The van der Waals surface area contributed by atoms with Crippen LogP contribution in [0.25, 0.3) is 22.0 Å². The summed E-state index contributed by atoms with van der Waals surface area (Å²) in [6.07, 6.45) is 7.97. The predicted octanol–water partition coefficient (Wildman–Crippen LogP) is 4.99. The van der Waals surface area contributed by atoms with E-state index in [9.17, 15) is 5.11 Å². The average molecular weight is 453 g/mol. The summed E-state index contributed by atoms with van der Waals surface area (Å²) in [7, 11) is -1.10. The van der Waals surface area contributed by atoms with Gasteiger partial charge in [-0.25, -0.2) is 9.67 Å². The molecular formula is C25H36N4O2Si. The van der Waals surface area contributed by atoms with Gasteiger partial charge in [0.1, 0.15) is 18.0 Å². The monoisotopic (exact) mass is 452 g/mol. The molecule has 1 N–H and O–H groups in total. The highest BCUT2D eigenvalue weighted by Gasteiger charge is 2.15. The first-order chi connectivity index (χ1) is 14.9. The Hall–Kier alpha value is -2.40. The van der Waals surface area contributed by atoms with Crippen molar-refractivity contribution in [1.82, 2.24) is 19.3 Å². The van der Waals surface area contributed by atoms with E-state index < -0.39 is 13.7 Å². The van der Waals surface area contributed by atoms with Crippen molar-refractivity contribution in [3.05, 3.63) is 36.5 Å². The molecule has 0 bridgehead atoms. The molecule has 0 saturated heterocycles. The third-order valence-corrected chi connectivity index (χ3v) is 6.69. The van der Waals surface area contributed by atoms with Crippen molar-refractivity contribution in [2.75, 3.05) is 6.61 Å². The summed E-state index contributed by atoms with van der Waals surface area (Å²) in [6, 6.07) is 3.15. The third kappa shape index (κ3) is 6.80. The van der Waals surface area contributed by atoms with E-state index in [1.165, 1.54) is 0 Å². The Morgan fingerprint density at radius 2 is 1.94 bits per heavy atom. The highest BCUT2D eigenvalue weighted by molar-refractivity contribution is 6.76. The summed E-state index contributed by atoms with van der Waals surface area (Å²) >= 11 is 0. The minimum Gasteiger partial charge on any atom is -0.378 e. The number of hydrogen-bond acceptors (Lipinski definition) is 4. The van der Waals surface area contributed by atoms with Gasteiger partial charge in [0.05, 0.1) is 17.9 Å². The summed E-state index contributed by atoms with van der Waals surface area (Å²) in [5, 5.41) is 15.5. The van der Waals surface area contributed by atoms with Gasteiger partial charge in [-0.3, -0.25) is 0 Å². The molecule has 7 heteroatoms. The van der Waals surface area contributed by atoms with E-state index in [2.05, 4.69) is 66.2 Å². The van der Waals surface area contributed by atoms with Crippen LogP contribution < -0.4 is 0 Å². The molecule has 3 heterocycles. The van der Waals surface area contributed by atoms with Crippen LogP contribution in [-0.2, 0) is 18.0 Å². The zero-order valence-corrected chi connectivity index (χ0v) is 21.4. The highest BCUT2D eigenvalue weighted by Crippen LogP contribution is 2.31. The van der Waals surface area contributed by atoms with Crippen LogP contribution in [0.2, 0.25) is 25.7 Å². The maximum absolute atomic E-state index is 9.94. The molecule has 3 rings (SSSR count). The van der Waals surface area contributed by atoms with E-state index in [1.54, 1.807) is 13.8 Å². The van der Waals surface area contributed by atoms with Crippen LogP contribution in [0.15, 0.2) is 30.9 Å². The Morgan fingerprint density at radius 3 is 2.59 bits per heavy atom. The summed E-state index contributed by atoms with van der Waals surface area (Å²) in [5.41, 5.74) is 2.80. The van der Waals surface area contributed by atoms with Crippen molar-refractivity contribution in [3.63, 3.8) is 0 Å². The van der Waals surface area contributed by atoms with Gasteiger partial charge in [-0.1, -0.05) is 39.4 Å². The number of rotatable bonds is 8. The van der Waals surface area contributed by atoms with Gasteiger partial charge in [-0.15, -0.1) is 0 Å². The maximum Gasteiger partial charge on any atom is 0.139 e. The van der Waals surface area contributed by atoms with E-state index in [0.29, 0.717) is 18.3 Å². The van der Waals surface area contributed by atoms with Crippen molar-refractivity contribution in [1.29, 1.82) is 0 Å². The predicted molar refractivity (Wildman–Crippen MR) is 133 cm³/mol. The largest absolute Gasteiger partial charge is 0.378 e. The van der Waals surface area contributed by atoms with Gasteiger partial charge >= 0.3 is 0 Å². The average Bonchev–Trinajstić information content (AvgIpc) is 3.26. The van der Waals surface area contributed by atoms with Crippen LogP contribution in [0.1, 0.15) is 33.4 Å².